The van der Waals surface area contributed by atoms with Crippen molar-refractivity contribution in [1.82, 2.24) is 10.2 Å². The van der Waals surface area contributed by atoms with Crippen LogP contribution in [0.4, 0.5) is 24.5 Å². The van der Waals surface area contributed by atoms with Gasteiger partial charge in [0.05, 0.1) is 5.69 Å². The van der Waals surface area contributed by atoms with E-state index >= 15 is 0 Å². The second-order valence-corrected chi connectivity index (χ2v) is 10.7. The van der Waals surface area contributed by atoms with Crippen LogP contribution in [0.5, 0.6) is 0 Å². The molecular weight excluding hydrogens is 531 g/mol. The average molecular weight is 566 g/mol. The molecule has 1 heterocycles. The highest BCUT2D eigenvalue weighted by molar-refractivity contribution is 6.05. The molecule has 3 aromatic carbocycles. The first kappa shape index (κ1) is 28.6. The zero-order valence-corrected chi connectivity index (χ0v) is 22.7. The molecule has 4 N–H and O–H groups in total. The molecule has 0 bridgehead atoms. The third kappa shape index (κ3) is 7.07. The smallest absolute Gasteiger partial charge is 0.255 e. The Balaban J connectivity index is 1.34. The third-order valence-electron chi connectivity index (χ3n) is 7.84. The molecule has 2 fully saturated rings. The van der Waals surface area contributed by atoms with Gasteiger partial charge in [0.25, 0.3) is 11.8 Å². The van der Waals surface area contributed by atoms with Crippen LogP contribution in [0.25, 0.3) is 0 Å². The number of piperazine rings is 1. The molecule has 1 saturated carbocycles. The van der Waals surface area contributed by atoms with Gasteiger partial charge >= 0.3 is 0 Å². The molecular formula is C31H34F3N5O2. The molecule has 5 rings (SSSR count). The van der Waals surface area contributed by atoms with Crippen molar-refractivity contribution in [3.8, 4) is 0 Å². The zero-order chi connectivity index (χ0) is 28.9. The van der Waals surface area contributed by atoms with E-state index in [2.05, 4.69) is 15.5 Å². The van der Waals surface area contributed by atoms with Crippen LogP contribution in [-0.4, -0.2) is 55.0 Å². The van der Waals surface area contributed by atoms with Crippen molar-refractivity contribution in [3.05, 3.63) is 94.8 Å². The highest BCUT2D eigenvalue weighted by atomic mass is 19.1. The third-order valence-corrected chi connectivity index (χ3v) is 7.84. The van der Waals surface area contributed by atoms with Gasteiger partial charge in [-0.15, -0.1) is 0 Å². The Kier molecular flexibility index (Phi) is 8.90. The van der Waals surface area contributed by atoms with Crippen molar-refractivity contribution >= 4 is 23.2 Å². The van der Waals surface area contributed by atoms with E-state index in [-0.39, 0.29) is 29.4 Å². The Labute approximate surface area is 237 Å². The topological polar surface area (TPSA) is 90.7 Å². The first-order chi connectivity index (χ1) is 19.8. The highest BCUT2D eigenvalue weighted by Gasteiger charge is 2.25. The fraction of sp³-hybridized carbons (Fsp3) is 0.355. The minimum Gasteiger partial charge on any atom is -0.367 e. The predicted molar refractivity (Wildman–Crippen MR) is 152 cm³/mol. The molecule has 2 aliphatic rings. The number of rotatable bonds is 7. The number of nitrogens with two attached hydrogens (primary N) is 1. The van der Waals surface area contributed by atoms with Gasteiger partial charge in [0.2, 0.25) is 0 Å². The summed E-state index contributed by atoms with van der Waals surface area (Å²) in [4.78, 5) is 30.3. The number of benzene rings is 3. The summed E-state index contributed by atoms with van der Waals surface area (Å²) < 4.78 is 41.9. The van der Waals surface area contributed by atoms with Crippen LogP contribution >= 0.6 is 0 Å². The standard InChI is InChI=1S/C31H34F3N5O2/c32-23-15-22(16-24(33)18-23)31(41)37-28-17-20(30(40)36-27-7-3-2-6-26(27)35)9-10-21(28)19-38-11-13-39(14-12-38)29-8-4-1-5-25(29)34/h1,4-5,8-10,15-18,26-27H,2-3,6-7,11-14,19,35H2,(H,36,40)(H,37,41). The number of anilines is 2. The van der Waals surface area contributed by atoms with E-state index in [1.807, 2.05) is 11.0 Å². The quantitative estimate of drug-likeness (QED) is 0.387. The molecule has 2 atom stereocenters. The van der Waals surface area contributed by atoms with Gasteiger partial charge in [0.15, 0.2) is 0 Å². The van der Waals surface area contributed by atoms with Gasteiger partial charge in [0.1, 0.15) is 17.5 Å². The molecule has 0 aromatic heterocycles. The second kappa shape index (κ2) is 12.7. The number of nitrogens with one attached hydrogen (secondary N) is 2. The van der Waals surface area contributed by atoms with Crippen molar-refractivity contribution < 1.29 is 22.8 Å². The van der Waals surface area contributed by atoms with Crippen LogP contribution in [0.3, 0.4) is 0 Å². The summed E-state index contributed by atoms with van der Waals surface area (Å²) in [7, 11) is 0. The molecule has 41 heavy (non-hydrogen) atoms. The molecule has 2 unspecified atom stereocenters. The number of halogens is 3. The molecule has 10 heteroatoms. The van der Waals surface area contributed by atoms with Gasteiger partial charge in [-0.05, 0) is 54.8 Å². The van der Waals surface area contributed by atoms with E-state index in [4.69, 9.17) is 5.73 Å². The largest absolute Gasteiger partial charge is 0.367 e. The Morgan fingerprint density at radius 3 is 2.24 bits per heavy atom. The van der Waals surface area contributed by atoms with Crippen LogP contribution in [0.1, 0.15) is 52.0 Å². The van der Waals surface area contributed by atoms with Gasteiger partial charge in [-0.3, -0.25) is 14.5 Å². The summed E-state index contributed by atoms with van der Waals surface area (Å²) in [6.07, 6.45) is 3.68. The summed E-state index contributed by atoms with van der Waals surface area (Å²) in [6, 6.07) is 14.1. The lowest BCUT2D eigenvalue weighted by Crippen LogP contribution is -2.49. The summed E-state index contributed by atoms with van der Waals surface area (Å²) in [5.41, 5.74) is 8.06. The first-order valence-electron chi connectivity index (χ1n) is 14.0. The van der Waals surface area contributed by atoms with E-state index in [1.54, 1.807) is 30.3 Å². The number of hydrogen-bond acceptors (Lipinski definition) is 5. The summed E-state index contributed by atoms with van der Waals surface area (Å²) in [6.45, 7) is 2.99. The van der Waals surface area contributed by atoms with Gasteiger partial charge in [-0.2, -0.15) is 0 Å². The second-order valence-electron chi connectivity index (χ2n) is 10.7. The SMILES string of the molecule is NC1CCCCC1NC(=O)c1ccc(CN2CCN(c3ccccc3F)CC2)c(NC(=O)c2cc(F)cc(F)c2)c1. The monoisotopic (exact) mass is 565 g/mol. The van der Waals surface area contributed by atoms with Crippen LogP contribution in [0, 0.1) is 17.5 Å². The fourth-order valence-electron chi connectivity index (χ4n) is 5.54. The van der Waals surface area contributed by atoms with Crippen molar-refractivity contribution in [3.63, 3.8) is 0 Å². The minimum atomic E-state index is -0.861. The van der Waals surface area contributed by atoms with Crippen LogP contribution in [0.15, 0.2) is 60.7 Å². The molecule has 2 amide bonds. The van der Waals surface area contributed by atoms with Gasteiger partial charge in [-0.25, -0.2) is 13.2 Å². The maximum atomic E-state index is 14.3. The van der Waals surface area contributed by atoms with Gasteiger partial charge < -0.3 is 21.3 Å². The van der Waals surface area contributed by atoms with Crippen molar-refractivity contribution in [1.29, 1.82) is 0 Å². The number of carbonyl (C=O) groups is 2. The lowest BCUT2D eigenvalue weighted by Gasteiger charge is -2.36. The van der Waals surface area contributed by atoms with Gasteiger partial charge in [-0.1, -0.05) is 31.0 Å². The molecule has 1 saturated heterocycles. The van der Waals surface area contributed by atoms with Crippen molar-refractivity contribution in [2.75, 3.05) is 36.4 Å². The molecule has 1 aliphatic carbocycles. The van der Waals surface area contributed by atoms with E-state index in [1.165, 1.54) is 6.07 Å². The maximum absolute atomic E-state index is 14.3. The van der Waals surface area contributed by atoms with E-state index in [0.29, 0.717) is 55.7 Å². The summed E-state index contributed by atoms with van der Waals surface area (Å²) in [5, 5.41) is 5.77. The fourth-order valence-corrected chi connectivity index (χ4v) is 5.54. The number of carbonyl (C=O) groups excluding carboxylic acids is 2. The predicted octanol–water partition coefficient (Wildman–Crippen LogP) is 4.68. The first-order valence-corrected chi connectivity index (χ1v) is 14.0. The molecule has 7 nitrogen and oxygen atoms in total. The average Bonchev–Trinajstić information content (AvgIpc) is 2.95. The number of para-hydroxylation sites is 1. The Hall–Kier alpha value is -3.89. The number of nitrogens with zero attached hydrogens (tertiary/aromatic N) is 2. The Morgan fingerprint density at radius 1 is 0.829 bits per heavy atom. The van der Waals surface area contributed by atoms with Crippen molar-refractivity contribution in [2.24, 2.45) is 5.73 Å². The molecule has 0 spiro atoms. The van der Waals surface area contributed by atoms with E-state index < -0.39 is 17.5 Å². The molecule has 3 aromatic rings. The number of hydrogen-bond donors (Lipinski definition) is 3. The molecule has 0 radical (unpaired) electrons. The normalized spacial score (nSPS) is 19.6. The lowest BCUT2D eigenvalue weighted by molar-refractivity contribution is 0.0920. The number of amides is 2. The van der Waals surface area contributed by atoms with Crippen LogP contribution in [0.2, 0.25) is 0 Å². The Bertz CT molecular complexity index is 1390. The van der Waals surface area contributed by atoms with Crippen molar-refractivity contribution in [2.45, 2.75) is 44.3 Å². The highest BCUT2D eigenvalue weighted by Crippen LogP contribution is 2.25. The lowest BCUT2D eigenvalue weighted by atomic mass is 9.91. The van der Waals surface area contributed by atoms with E-state index in [9.17, 15) is 22.8 Å². The van der Waals surface area contributed by atoms with Crippen LogP contribution < -0.4 is 21.3 Å². The molecule has 1 aliphatic heterocycles. The zero-order valence-electron chi connectivity index (χ0n) is 22.7. The van der Waals surface area contributed by atoms with Crippen LogP contribution in [-0.2, 0) is 6.54 Å². The van der Waals surface area contributed by atoms with E-state index in [0.717, 1.165) is 43.4 Å². The molecule has 216 valence electrons. The maximum Gasteiger partial charge on any atom is 0.255 e. The summed E-state index contributed by atoms with van der Waals surface area (Å²) in [5.74, 6) is -2.98. The summed E-state index contributed by atoms with van der Waals surface area (Å²) >= 11 is 0. The van der Waals surface area contributed by atoms with Gasteiger partial charge in [0, 0.05) is 67.7 Å². The Morgan fingerprint density at radius 2 is 1.54 bits per heavy atom. The minimum absolute atomic E-state index is 0.114.